The van der Waals surface area contributed by atoms with E-state index < -0.39 is 19.4 Å². The largest absolute Gasteiger partial charge is 0.496 e. The summed E-state index contributed by atoms with van der Waals surface area (Å²) in [6, 6.07) is 7.01. The van der Waals surface area contributed by atoms with Crippen LogP contribution in [0.1, 0.15) is 12.5 Å². The summed E-state index contributed by atoms with van der Waals surface area (Å²) in [5.74, 6) is -0.776. The van der Waals surface area contributed by atoms with Crippen LogP contribution in [0, 0.1) is 5.82 Å². The summed E-state index contributed by atoms with van der Waals surface area (Å²) < 4.78 is 40.5. The zero-order valence-corrected chi connectivity index (χ0v) is 14.0. The minimum absolute atomic E-state index is 0.0232. The lowest BCUT2D eigenvalue weighted by Crippen LogP contribution is -2.07. The van der Waals surface area contributed by atoms with Gasteiger partial charge in [-0.15, -0.1) is 0 Å². The molecule has 0 aliphatic rings. The maximum absolute atomic E-state index is 13.7. The normalized spacial score (nSPS) is 13.2. The molecule has 24 heavy (non-hydrogen) atoms. The van der Waals surface area contributed by atoms with Gasteiger partial charge in [0.05, 0.1) is 19.9 Å². The Labute approximate surface area is 138 Å². The quantitative estimate of drug-likeness (QED) is 0.695. The molecular weight excluding hydrogens is 340 g/mol. The van der Waals surface area contributed by atoms with Gasteiger partial charge in [0.1, 0.15) is 12.4 Å². The second kappa shape index (κ2) is 8.05. The van der Waals surface area contributed by atoms with Crippen LogP contribution in [0.3, 0.4) is 0 Å². The molecule has 1 unspecified atom stereocenters. The molecule has 0 radical (unpaired) electrons. The average molecular weight is 357 g/mol. The molecular formula is C14H17FN3O5P. The number of halogens is 1. The first-order chi connectivity index (χ1) is 11.4. The molecule has 0 spiro atoms. The Morgan fingerprint density at radius 3 is 2.83 bits per heavy atom. The van der Waals surface area contributed by atoms with Crippen LogP contribution in [-0.2, 0) is 15.7 Å². The van der Waals surface area contributed by atoms with E-state index in [1.807, 2.05) is 17.2 Å². The standard InChI is InChI=1S/C14H17FN3O5P/c1-3-23-24(19,20)18-13-11(15)8-16-14(17-13)22-9-10-6-4-5-7-12(10)21-2/h4-8H,3,9H2,1-2H3,(H2,16,17,18,19,20). The van der Waals surface area contributed by atoms with Gasteiger partial charge in [0.2, 0.25) is 0 Å². The number of rotatable bonds is 8. The fraction of sp³-hybridized carbons (Fsp3) is 0.286. The van der Waals surface area contributed by atoms with Gasteiger partial charge >= 0.3 is 13.8 Å². The van der Waals surface area contributed by atoms with Crippen LogP contribution in [0.4, 0.5) is 10.2 Å². The van der Waals surface area contributed by atoms with E-state index in [2.05, 4.69) is 14.5 Å². The first-order valence-electron chi connectivity index (χ1n) is 6.98. The molecule has 0 amide bonds. The van der Waals surface area contributed by atoms with E-state index in [9.17, 15) is 13.8 Å². The van der Waals surface area contributed by atoms with Crippen LogP contribution in [0.5, 0.6) is 11.8 Å². The fourth-order valence-corrected chi connectivity index (χ4v) is 2.64. The molecule has 1 heterocycles. The highest BCUT2D eigenvalue weighted by molar-refractivity contribution is 7.54. The number of nitrogens with one attached hydrogen (secondary N) is 1. The molecule has 2 N–H and O–H groups in total. The number of hydrogen-bond acceptors (Lipinski definition) is 6. The van der Waals surface area contributed by atoms with Gasteiger partial charge in [-0.05, 0) is 13.0 Å². The minimum atomic E-state index is -4.21. The molecule has 0 bridgehead atoms. The van der Waals surface area contributed by atoms with Gasteiger partial charge in [-0.25, -0.2) is 13.9 Å². The summed E-state index contributed by atoms with van der Waals surface area (Å²) in [6.45, 7) is 1.59. The predicted octanol–water partition coefficient (Wildman–Crippen LogP) is 2.75. The third-order valence-corrected chi connectivity index (χ3v) is 3.93. The number of ether oxygens (including phenoxy) is 2. The third-order valence-electron chi connectivity index (χ3n) is 2.82. The summed E-state index contributed by atoms with van der Waals surface area (Å²) in [4.78, 5) is 16.9. The number of aromatic nitrogens is 2. The molecule has 1 atom stereocenters. The Hall–Kier alpha value is -2.22. The Bertz CT molecular complexity index is 746. The highest BCUT2D eigenvalue weighted by Gasteiger charge is 2.22. The van der Waals surface area contributed by atoms with Crippen LogP contribution >= 0.6 is 7.75 Å². The Balaban J connectivity index is 2.12. The number of hydrogen-bond donors (Lipinski definition) is 2. The van der Waals surface area contributed by atoms with E-state index in [1.165, 1.54) is 14.0 Å². The molecule has 10 heteroatoms. The van der Waals surface area contributed by atoms with Crippen molar-refractivity contribution < 1.29 is 27.8 Å². The second-order valence-electron chi connectivity index (χ2n) is 4.50. The lowest BCUT2D eigenvalue weighted by atomic mass is 10.2. The van der Waals surface area contributed by atoms with E-state index in [4.69, 9.17) is 9.47 Å². The van der Waals surface area contributed by atoms with Crippen molar-refractivity contribution in [3.05, 3.63) is 41.8 Å². The van der Waals surface area contributed by atoms with Crippen molar-refractivity contribution in [2.75, 3.05) is 18.8 Å². The predicted molar refractivity (Wildman–Crippen MR) is 84.4 cm³/mol. The number of benzene rings is 1. The molecule has 2 aromatic rings. The zero-order chi connectivity index (χ0) is 17.6. The van der Waals surface area contributed by atoms with Crippen molar-refractivity contribution in [2.45, 2.75) is 13.5 Å². The van der Waals surface area contributed by atoms with Gasteiger partial charge in [-0.3, -0.25) is 9.61 Å². The van der Waals surface area contributed by atoms with Gasteiger partial charge in [0, 0.05) is 5.56 Å². The molecule has 0 fully saturated rings. The molecule has 0 aliphatic carbocycles. The SMILES string of the molecule is CCOP(=O)(O)Nc1nc(OCc2ccccc2OC)ncc1F. The second-order valence-corrected chi connectivity index (χ2v) is 6.02. The first kappa shape index (κ1) is 18.1. The van der Waals surface area contributed by atoms with Crippen molar-refractivity contribution in [3.63, 3.8) is 0 Å². The summed E-state index contributed by atoms with van der Waals surface area (Å²) in [7, 11) is -2.68. The van der Waals surface area contributed by atoms with Crippen LogP contribution in [-0.4, -0.2) is 28.6 Å². The van der Waals surface area contributed by atoms with Gasteiger partial charge in [0.25, 0.3) is 0 Å². The molecule has 0 saturated carbocycles. The van der Waals surface area contributed by atoms with Gasteiger partial charge in [-0.1, -0.05) is 18.2 Å². The Morgan fingerprint density at radius 1 is 1.38 bits per heavy atom. The monoisotopic (exact) mass is 357 g/mol. The summed E-state index contributed by atoms with van der Waals surface area (Å²) >= 11 is 0. The zero-order valence-electron chi connectivity index (χ0n) is 13.1. The maximum Gasteiger partial charge on any atom is 0.431 e. The maximum atomic E-state index is 13.7. The minimum Gasteiger partial charge on any atom is -0.496 e. The summed E-state index contributed by atoms with van der Waals surface area (Å²) in [5, 5.41) is 2.01. The van der Waals surface area contributed by atoms with Crippen LogP contribution in [0.25, 0.3) is 0 Å². The molecule has 1 aromatic heterocycles. The number of nitrogens with zero attached hydrogens (tertiary/aromatic N) is 2. The number of para-hydroxylation sites is 1. The highest BCUT2D eigenvalue weighted by atomic mass is 31.2. The molecule has 130 valence electrons. The van der Waals surface area contributed by atoms with Gasteiger partial charge in [0.15, 0.2) is 11.6 Å². The average Bonchev–Trinajstić information content (AvgIpc) is 2.55. The topological polar surface area (TPSA) is 103 Å². The van der Waals surface area contributed by atoms with E-state index in [-0.39, 0.29) is 19.2 Å². The van der Waals surface area contributed by atoms with E-state index in [0.717, 1.165) is 11.8 Å². The lowest BCUT2D eigenvalue weighted by Gasteiger charge is -2.13. The van der Waals surface area contributed by atoms with Crippen molar-refractivity contribution in [2.24, 2.45) is 0 Å². The van der Waals surface area contributed by atoms with Gasteiger partial charge in [-0.2, -0.15) is 4.98 Å². The van der Waals surface area contributed by atoms with Crippen LogP contribution in [0.15, 0.2) is 30.5 Å². The fourth-order valence-electron chi connectivity index (χ4n) is 1.80. The summed E-state index contributed by atoms with van der Waals surface area (Å²) in [5.41, 5.74) is 0.740. The van der Waals surface area contributed by atoms with Crippen molar-refractivity contribution >= 4 is 13.6 Å². The number of anilines is 1. The molecule has 0 aliphatic heterocycles. The number of methoxy groups -OCH3 is 1. The summed E-state index contributed by atoms with van der Waals surface area (Å²) in [6.07, 6.45) is 0.832. The van der Waals surface area contributed by atoms with Crippen LogP contribution in [0.2, 0.25) is 0 Å². The Morgan fingerprint density at radius 2 is 2.12 bits per heavy atom. The highest BCUT2D eigenvalue weighted by Crippen LogP contribution is 2.41. The van der Waals surface area contributed by atoms with Crippen molar-refractivity contribution in [1.29, 1.82) is 0 Å². The van der Waals surface area contributed by atoms with E-state index in [0.29, 0.717) is 5.75 Å². The van der Waals surface area contributed by atoms with Crippen molar-refractivity contribution in [3.8, 4) is 11.8 Å². The van der Waals surface area contributed by atoms with E-state index in [1.54, 1.807) is 12.1 Å². The molecule has 8 nitrogen and oxygen atoms in total. The molecule has 0 saturated heterocycles. The van der Waals surface area contributed by atoms with E-state index >= 15 is 0 Å². The smallest absolute Gasteiger partial charge is 0.431 e. The Kier molecular flexibility index (Phi) is 6.08. The first-order valence-corrected chi connectivity index (χ1v) is 8.55. The molecule has 1 aromatic carbocycles. The lowest BCUT2D eigenvalue weighted by molar-refractivity contribution is 0.272. The van der Waals surface area contributed by atoms with Gasteiger partial charge < -0.3 is 14.4 Å². The van der Waals surface area contributed by atoms with Crippen LogP contribution < -0.4 is 14.6 Å². The van der Waals surface area contributed by atoms with Crippen molar-refractivity contribution in [1.82, 2.24) is 9.97 Å². The third kappa shape index (κ3) is 4.89. The molecule has 2 rings (SSSR count).